The Labute approximate surface area is 138 Å². The van der Waals surface area contributed by atoms with E-state index in [2.05, 4.69) is 0 Å². The van der Waals surface area contributed by atoms with Crippen molar-refractivity contribution in [1.82, 2.24) is 4.57 Å². The minimum Gasteiger partial charge on any atom is -0.490 e. The summed E-state index contributed by atoms with van der Waals surface area (Å²) in [7, 11) is 0. The topological polar surface area (TPSA) is 87.2 Å². The normalized spacial score (nSPS) is 10.9. The number of nitrogens with two attached hydrogens (primary N) is 2. The molecule has 3 aromatic rings. The maximum atomic E-state index is 12.9. The molecular weight excluding hydrogens is 311 g/mol. The Bertz CT molecular complexity index is 874. The van der Waals surface area contributed by atoms with Gasteiger partial charge in [0.1, 0.15) is 35.8 Å². The van der Waals surface area contributed by atoms with Crippen molar-refractivity contribution in [3.8, 4) is 5.75 Å². The smallest absolute Gasteiger partial charge is 0.356 e. The fraction of sp³-hybridized carbons (Fsp3) is 0.176. The van der Waals surface area contributed by atoms with Crippen LogP contribution in [0.15, 0.2) is 48.5 Å². The zero-order valence-electron chi connectivity index (χ0n) is 13.0. The SMILES string of the molecule is NC(=O)C[n+]1c(N)n(CCOc2ccc(F)cc2)c2ccccc21. The molecule has 1 amide bonds. The molecule has 0 aliphatic carbocycles. The zero-order valence-corrected chi connectivity index (χ0v) is 13.0. The number of hydrogen-bond acceptors (Lipinski definition) is 3. The van der Waals surface area contributed by atoms with Gasteiger partial charge in [-0.15, -0.1) is 0 Å². The van der Waals surface area contributed by atoms with Crippen LogP contribution in [0, 0.1) is 5.82 Å². The second kappa shape index (κ2) is 6.57. The number of aromatic nitrogens is 2. The number of imidazole rings is 1. The van der Waals surface area contributed by atoms with Crippen molar-refractivity contribution in [3.63, 3.8) is 0 Å². The Morgan fingerprint density at radius 3 is 2.58 bits per heavy atom. The van der Waals surface area contributed by atoms with Crippen molar-refractivity contribution in [2.75, 3.05) is 12.3 Å². The summed E-state index contributed by atoms with van der Waals surface area (Å²) in [4.78, 5) is 11.3. The summed E-state index contributed by atoms with van der Waals surface area (Å²) in [6.45, 7) is 0.846. The second-order valence-corrected chi connectivity index (χ2v) is 5.35. The van der Waals surface area contributed by atoms with Crippen LogP contribution in [-0.4, -0.2) is 17.1 Å². The fourth-order valence-corrected chi connectivity index (χ4v) is 2.66. The lowest BCUT2D eigenvalue weighted by Crippen LogP contribution is -2.42. The Balaban J connectivity index is 1.82. The number of halogens is 1. The van der Waals surface area contributed by atoms with Gasteiger partial charge in [-0.2, -0.15) is 0 Å². The van der Waals surface area contributed by atoms with E-state index in [0.717, 1.165) is 11.0 Å². The average Bonchev–Trinajstić information content (AvgIpc) is 2.82. The van der Waals surface area contributed by atoms with Crippen LogP contribution in [0.2, 0.25) is 0 Å². The molecular formula is C17H18FN4O2+. The fourth-order valence-electron chi connectivity index (χ4n) is 2.66. The molecule has 124 valence electrons. The third kappa shape index (κ3) is 3.15. The molecule has 2 aromatic carbocycles. The second-order valence-electron chi connectivity index (χ2n) is 5.35. The number of carbonyl (C=O) groups is 1. The van der Waals surface area contributed by atoms with Crippen LogP contribution >= 0.6 is 0 Å². The highest BCUT2D eigenvalue weighted by atomic mass is 19.1. The molecule has 0 aliphatic rings. The number of ether oxygens (including phenoxy) is 1. The van der Waals surface area contributed by atoms with E-state index in [1.54, 1.807) is 16.7 Å². The number of primary amides is 1. The molecule has 0 saturated heterocycles. The summed E-state index contributed by atoms with van der Waals surface area (Å²) >= 11 is 0. The summed E-state index contributed by atoms with van der Waals surface area (Å²) in [6, 6.07) is 13.4. The molecule has 4 N–H and O–H groups in total. The van der Waals surface area contributed by atoms with Gasteiger partial charge in [0, 0.05) is 0 Å². The molecule has 6 nitrogen and oxygen atoms in total. The third-order valence-corrected chi connectivity index (χ3v) is 3.73. The number of amides is 1. The van der Waals surface area contributed by atoms with Gasteiger partial charge >= 0.3 is 5.95 Å². The lowest BCUT2D eigenvalue weighted by atomic mass is 10.3. The predicted molar refractivity (Wildman–Crippen MR) is 87.6 cm³/mol. The van der Waals surface area contributed by atoms with Crippen molar-refractivity contribution >= 4 is 22.9 Å². The van der Waals surface area contributed by atoms with E-state index >= 15 is 0 Å². The number of fused-ring (bicyclic) bond motifs is 1. The first-order valence-corrected chi connectivity index (χ1v) is 7.49. The lowest BCUT2D eigenvalue weighted by molar-refractivity contribution is -0.644. The van der Waals surface area contributed by atoms with Crippen LogP contribution in [0.5, 0.6) is 5.75 Å². The number of para-hydroxylation sites is 2. The highest BCUT2D eigenvalue weighted by Crippen LogP contribution is 2.16. The van der Waals surface area contributed by atoms with Gasteiger partial charge in [-0.25, -0.2) is 13.5 Å². The van der Waals surface area contributed by atoms with Gasteiger partial charge < -0.3 is 10.5 Å². The van der Waals surface area contributed by atoms with Crippen LogP contribution < -0.4 is 20.8 Å². The van der Waals surface area contributed by atoms with Crippen molar-refractivity contribution < 1.29 is 18.5 Å². The van der Waals surface area contributed by atoms with E-state index in [-0.39, 0.29) is 12.4 Å². The minimum absolute atomic E-state index is 0.0121. The first-order chi connectivity index (χ1) is 11.6. The first-order valence-electron chi connectivity index (χ1n) is 7.49. The van der Waals surface area contributed by atoms with Crippen molar-refractivity contribution in [2.45, 2.75) is 13.1 Å². The lowest BCUT2D eigenvalue weighted by Gasteiger charge is -2.06. The summed E-state index contributed by atoms with van der Waals surface area (Å²) in [5, 5.41) is 0. The van der Waals surface area contributed by atoms with Gasteiger partial charge in [-0.1, -0.05) is 12.1 Å². The molecule has 0 spiro atoms. The van der Waals surface area contributed by atoms with Crippen molar-refractivity contribution in [1.29, 1.82) is 0 Å². The predicted octanol–water partition coefficient (Wildman–Crippen LogP) is 1.21. The first kappa shape index (κ1) is 15.8. The maximum absolute atomic E-state index is 12.9. The van der Waals surface area contributed by atoms with E-state index in [0.29, 0.717) is 24.8 Å². The van der Waals surface area contributed by atoms with Crippen LogP contribution in [0.3, 0.4) is 0 Å². The Hall–Kier alpha value is -3.09. The van der Waals surface area contributed by atoms with Crippen LogP contribution in [-0.2, 0) is 17.9 Å². The quantitative estimate of drug-likeness (QED) is 0.667. The van der Waals surface area contributed by atoms with Gasteiger partial charge in [-0.3, -0.25) is 10.5 Å². The molecule has 0 atom stereocenters. The minimum atomic E-state index is -0.461. The number of rotatable bonds is 6. The van der Waals surface area contributed by atoms with Gasteiger partial charge in [0.2, 0.25) is 0 Å². The number of nitrogens with zero attached hydrogens (tertiary/aromatic N) is 2. The van der Waals surface area contributed by atoms with Gasteiger partial charge in [0.15, 0.2) is 6.54 Å². The number of nitrogen functional groups attached to an aromatic ring is 1. The van der Waals surface area contributed by atoms with Crippen LogP contribution in [0.4, 0.5) is 10.3 Å². The Morgan fingerprint density at radius 1 is 1.17 bits per heavy atom. The Kier molecular flexibility index (Phi) is 4.33. The largest absolute Gasteiger partial charge is 0.490 e. The van der Waals surface area contributed by atoms with Crippen LogP contribution in [0.1, 0.15) is 0 Å². The molecule has 0 unspecified atom stereocenters. The maximum Gasteiger partial charge on any atom is 0.356 e. The molecule has 7 heteroatoms. The van der Waals surface area contributed by atoms with E-state index in [9.17, 15) is 9.18 Å². The van der Waals surface area contributed by atoms with E-state index < -0.39 is 5.91 Å². The molecule has 24 heavy (non-hydrogen) atoms. The summed E-state index contributed by atoms with van der Waals surface area (Å²) in [5.41, 5.74) is 13.2. The number of anilines is 1. The standard InChI is InChI=1S/C17H17FN4O2/c18-12-5-7-13(8-6-12)24-10-9-21-14-3-1-2-4-15(14)22(17(21)20)11-16(19)23/h1-8,20H,9-11H2,(H2,19,23)/p+1. The number of hydrogen-bond donors (Lipinski definition) is 2. The van der Waals surface area contributed by atoms with Crippen LogP contribution in [0.25, 0.3) is 11.0 Å². The molecule has 1 heterocycles. The van der Waals surface area contributed by atoms with E-state index in [4.69, 9.17) is 16.2 Å². The molecule has 0 aliphatic heterocycles. The molecule has 0 fully saturated rings. The van der Waals surface area contributed by atoms with E-state index in [1.807, 2.05) is 28.8 Å². The van der Waals surface area contributed by atoms with Gasteiger partial charge in [0.25, 0.3) is 5.91 Å². The van der Waals surface area contributed by atoms with Gasteiger partial charge in [-0.05, 0) is 36.4 Å². The van der Waals surface area contributed by atoms with Gasteiger partial charge in [0.05, 0.1) is 0 Å². The molecule has 1 aromatic heterocycles. The monoisotopic (exact) mass is 329 g/mol. The molecule has 0 saturated carbocycles. The molecule has 0 radical (unpaired) electrons. The average molecular weight is 329 g/mol. The Morgan fingerprint density at radius 2 is 1.88 bits per heavy atom. The summed E-state index contributed by atoms with van der Waals surface area (Å²) < 4.78 is 22.0. The summed E-state index contributed by atoms with van der Waals surface area (Å²) in [5.74, 6) is 0.238. The third-order valence-electron chi connectivity index (χ3n) is 3.73. The molecule has 0 bridgehead atoms. The highest BCUT2D eigenvalue weighted by molar-refractivity contribution is 5.76. The summed E-state index contributed by atoms with van der Waals surface area (Å²) in [6.07, 6.45) is 0. The highest BCUT2D eigenvalue weighted by Gasteiger charge is 2.21. The zero-order chi connectivity index (χ0) is 17.1. The number of carbonyl (C=O) groups excluding carboxylic acids is 1. The van der Waals surface area contributed by atoms with E-state index in [1.165, 1.54) is 12.1 Å². The number of benzene rings is 2. The molecule has 3 rings (SSSR count). The van der Waals surface area contributed by atoms with Crippen molar-refractivity contribution in [2.24, 2.45) is 5.73 Å². The van der Waals surface area contributed by atoms with Crippen molar-refractivity contribution in [3.05, 3.63) is 54.3 Å².